The van der Waals surface area contributed by atoms with Gasteiger partial charge in [-0.05, 0) is 29.8 Å². The number of hydrogen-bond donors (Lipinski definition) is 0. The first-order valence-electron chi connectivity index (χ1n) is 9.39. The first-order valence-corrected chi connectivity index (χ1v) is 9.39. The minimum atomic E-state index is 0.121. The Morgan fingerprint density at radius 1 is 1.19 bits per heavy atom. The van der Waals surface area contributed by atoms with Gasteiger partial charge in [0.2, 0.25) is 5.91 Å². The number of rotatable bonds is 6. The normalized spacial score (nSPS) is 17.7. The second-order valence-corrected chi connectivity index (χ2v) is 7.42. The zero-order valence-corrected chi connectivity index (χ0v) is 16.8. The van der Waals surface area contributed by atoms with Crippen molar-refractivity contribution in [1.82, 2.24) is 14.4 Å². The van der Waals surface area contributed by atoms with Gasteiger partial charge in [-0.25, -0.2) is 0 Å². The van der Waals surface area contributed by atoms with E-state index in [0.717, 1.165) is 17.8 Å². The van der Waals surface area contributed by atoms with Crippen LogP contribution >= 0.6 is 0 Å². The van der Waals surface area contributed by atoms with E-state index >= 15 is 0 Å². The van der Waals surface area contributed by atoms with Crippen LogP contribution in [0.1, 0.15) is 17.3 Å². The van der Waals surface area contributed by atoms with Crippen molar-refractivity contribution in [1.29, 1.82) is 0 Å². The van der Waals surface area contributed by atoms with E-state index in [2.05, 4.69) is 44.7 Å². The summed E-state index contributed by atoms with van der Waals surface area (Å²) in [6.45, 7) is 3.09. The van der Waals surface area contributed by atoms with Gasteiger partial charge in [0, 0.05) is 58.9 Å². The van der Waals surface area contributed by atoms with E-state index in [4.69, 9.17) is 4.74 Å². The van der Waals surface area contributed by atoms with Crippen LogP contribution in [0.2, 0.25) is 0 Å². The third-order valence-electron chi connectivity index (χ3n) is 5.20. The van der Waals surface area contributed by atoms with Crippen molar-refractivity contribution in [2.75, 3.05) is 52.3 Å². The molecule has 0 unspecified atom stereocenters. The molecule has 0 saturated carbocycles. The minimum Gasteiger partial charge on any atom is -0.378 e. The molecule has 0 radical (unpaired) electrons. The lowest BCUT2D eigenvalue weighted by atomic mass is 10.1. The zero-order valence-electron chi connectivity index (χ0n) is 16.8. The summed E-state index contributed by atoms with van der Waals surface area (Å²) in [5.41, 5.74) is 3.48. The number of anilines is 1. The van der Waals surface area contributed by atoms with Crippen molar-refractivity contribution in [3.8, 4) is 0 Å². The van der Waals surface area contributed by atoms with Gasteiger partial charge in [0.15, 0.2) is 0 Å². The highest BCUT2D eigenvalue weighted by Crippen LogP contribution is 2.24. The lowest BCUT2D eigenvalue weighted by molar-refractivity contribution is -0.134. The Morgan fingerprint density at radius 2 is 1.93 bits per heavy atom. The topological polar surface area (TPSA) is 40.9 Å². The van der Waals surface area contributed by atoms with Crippen LogP contribution in [0.25, 0.3) is 0 Å². The molecule has 1 amide bonds. The van der Waals surface area contributed by atoms with Crippen LogP contribution in [-0.4, -0.2) is 67.7 Å². The molecule has 0 aliphatic carbocycles. The molecule has 2 aromatic rings. The average molecular weight is 370 g/mol. The Labute approximate surface area is 161 Å². The third kappa shape index (κ3) is 4.70. The summed E-state index contributed by atoms with van der Waals surface area (Å²) in [6, 6.07) is 12.6. The summed E-state index contributed by atoms with van der Waals surface area (Å²) in [5.74, 6) is 0.132. The van der Waals surface area contributed by atoms with Crippen LogP contribution in [0.4, 0.5) is 5.69 Å². The number of aryl methyl sites for hydroxylation is 1. The molecule has 2 heterocycles. The van der Waals surface area contributed by atoms with Gasteiger partial charge in [0.1, 0.15) is 0 Å². The fraction of sp³-hybridized carbons (Fsp3) is 0.476. The number of hydrogen-bond acceptors (Lipinski definition) is 4. The number of aromatic nitrogens is 1. The maximum absolute atomic E-state index is 12.8. The first kappa shape index (κ1) is 19.5. The number of likely N-dealkylation sites (N-methyl/N-ethyl adjacent to an activating group) is 1. The molecule has 6 heteroatoms. The van der Waals surface area contributed by atoms with Gasteiger partial charge in [0.05, 0.1) is 25.8 Å². The predicted octanol–water partition coefficient (Wildman–Crippen LogP) is 2.12. The molecule has 146 valence electrons. The number of ether oxygens (including phenoxy) is 1. The maximum Gasteiger partial charge on any atom is 0.236 e. The van der Waals surface area contributed by atoms with Crippen molar-refractivity contribution in [3.05, 3.63) is 53.9 Å². The molecule has 1 fully saturated rings. The van der Waals surface area contributed by atoms with Crippen molar-refractivity contribution in [2.45, 2.75) is 12.6 Å². The molecular formula is C21H30N4O2. The lowest BCUT2D eigenvalue weighted by Crippen LogP contribution is -2.45. The lowest BCUT2D eigenvalue weighted by Gasteiger charge is -2.36. The Morgan fingerprint density at radius 3 is 2.56 bits per heavy atom. The van der Waals surface area contributed by atoms with Crippen LogP contribution in [0.5, 0.6) is 0 Å². The number of carbonyl (C=O) groups is 1. The third-order valence-corrected chi connectivity index (χ3v) is 5.20. The molecule has 0 spiro atoms. The highest BCUT2D eigenvalue weighted by Gasteiger charge is 2.28. The summed E-state index contributed by atoms with van der Waals surface area (Å²) >= 11 is 0. The van der Waals surface area contributed by atoms with E-state index in [9.17, 15) is 4.79 Å². The fourth-order valence-electron chi connectivity index (χ4n) is 3.48. The van der Waals surface area contributed by atoms with Crippen molar-refractivity contribution in [3.63, 3.8) is 0 Å². The quantitative estimate of drug-likeness (QED) is 0.781. The first-order chi connectivity index (χ1) is 13.0. The molecule has 1 aliphatic rings. The molecule has 1 aliphatic heterocycles. The number of nitrogens with zero attached hydrogens (tertiary/aromatic N) is 4. The SMILES string of the molecule is CN(Cc1ccc(N(C)C)cc1)C(=O)CN1CCOC[C@H]1c1cccn1C. The van der Waals surface area contributed by atoms with Gasteiger partial charge in [0.25, 0.3) is 0 Å². The monoisotopic (exact) mass is 370 g/mol. The fourth-order valence-corrected chi connectivity index (χ4v) is 3.48. The maximum atomic E-state index is 12.8. The average Bonchev–Trinajstić information content (AvgIpc) is 3.08. The van der Waals surface area contributed by atoms with Crippen molar-refractivity contribution in [2.24, 2.45) is 7.05 Å². The number of benzene rings is 1. The molecule has 1 atom stereocenters. The highest BCUT2D eigenvalue weighted by atomic mass is 16.5. The number of amides is 1. The van der Waals surface area contributed by atoms with E-state index in [-0.39, 0.29) is 11.9 Å². The molecule has 1 aromatic heterocycles. The Bertz CT molecular complexity index is 754. The minimum absolute atomic E-state index is 0.121. The van der Waals surface area contributed by atoms with Gasteiger partial charge < -0.3 is 19.1 Å². The molecule has 1 aromatic carbocycles. The van der Waals surface area contributed by atoms with Gasteiger partial charge in [-0.15, -0.1) is 0 Å². The molecule has 0 N–H and O–H groups in total. The largest absolute Gasteiger partial charge is 0.378 e. The van der Waals surface area contributed by atoms with Crippen molar-refractivity contribution < 1.29 is 9.53 Å². The van der Waals surface area contributed by atoms with Gasteiger partial charge >= 0.3 is 0 Å². The van der Waals surface area contributed by atoms with Gasteiger partial charge in [-0.2, -0.15) is 0 Å². The van der Waals surface area contributed by atoms with Crippen LogP contribution in [-0.2, 0) is 23.1 Å². The second-order valence-electron chi connectivity index (χ2n) is 7.42. The molecule has 6 nitrogen and oxygen atoms in total. The second kappa shape index (κ2) is 8.59. The van der Waals surface area contributed by atoms with Crippen LogP contribution in [0.3, 0.4) is 0 Å². The van der Waals surface area contributed by atoms with Gasteiger partial charge in [-0.3, -0.25) is 9.69 Å². The Kier molecular flexibility index (Phi) is 6.19. The molecular weight excluding hydrogens is 340 g/mol. The Hall–Kier alpha value is -2.31. The summed E-state index contributed by atoms with van der Waals surface area (Å²) < 4.78 is 7.78. The van der Waals surface area contributed by atoms with E-state index in [0.29, 0.717) is 26.3 Å². The van der Waals surface area contributed by atoms with Crippen LogP contribution in [0, 0.1) is 0 Å². The summed E-state index contributed by atoms with van der Waals surface area (Å²) in [6.07, 6.45) is 2.04. The van der Waals surface area contributed by atoms with E-state index < -0.39 is 0 Å². The number of morpholine rings is 1. The zero-order chi connectivity index (χ0) is 19.4. The smallest absolute Gasteiger partial charge is 0.236 e. The molecule has 3 rings (SSSR count). The molecule has 27 heavy (non-hydrogen) atoms. The van der Waals surface area contributed by atoms with Crippen molar-refractivity contribution >= 4 is 11.6 Å². The summed E-state index contributed by atoms with van der Waals surface area (Å²) in [4.78, 5) is 18.9. The Balaban J connectivity index is 1.61. The predicted molar refractivity (Wildman–Crippen MR) is 108 cm³/mol. The highest BCUT2D eigenvalue weighted by molar-refractivity contribution is 5.78. The summed E-state index contributed by atoms with van der Waals surface area (Å²) in [7, 11) is 7.96. The van der Waals surface area contributed by atoms with E-state index in [1.807, 2.05) is 45.4 Å². The standard InChI is InChI=1S/C21H30N4O2/c1-22(2)18-9-7-17(8-10-18)14-24(4)21(26)15-25-12-13-27-16-20(25)19-6-5-11-23(19)3/h5-11,20H,12-16H2,1-4H3/t20-/m0/s1. The van der Waals surface area contributed by atoms with Gasteiger partial charge in [-0.1, -0.05) is 12.1 Å². The number of carbonyl (C=O) groups excluding carboxylic acids is 1. The van der Waals surface area contributed by atoms with Crippen LogP contribution in [0.15, 0.2) is 42.6 Å². The van der Waals surface area contributed by atoms with E-state index in [1.165, 1.54) is 5.69 Å². The van der Waals surface area contributed by atoms with Crippen LogP contribution < -0.4 is 4.90 Å². The van der Waals surface area contributed by atoms with E-state index in [1.54, 1.807) is 0 Å². The molecule has 0 bridgehead atoms. The summed E-state index contributed by atoms with van der Waals surface area (Å²) in [5, 5.41) is 0. The molecule has 1 saturated heterocycles.